The van der Waals surface area contributed by atoms with E-state index in [0.29, 0.717) is 55.2 Å². The summed E-state index contributed by atoms with van der Waals surface area (Å²) in [6.07, 6.45) is 3.49. The van der Waals surface area contributed by atoms with Crippen molar-refractivity contribution in [3.05, 3.63) is 101 Å². The standard InChI is InChI=1S/C30H27N5O4S2/c1-2-39-28-6-4-3-5-25(28)30(34-16-14-33(15-17-34)23-9-12-32-13-10-23)26-19-22(20-31)7-8-27(26)35(29(30)36)41(37,38)24-11-18-40-21-24/h3-13,18-19,21H,2,14-17H2,1H3. The lowest BCUT2D eigenvalue weighted by Crippen LogP contribution is -2.60. The number of carbonyl (C=O) groups excluding carboxylic acids is 1. The number of hydrogen-bond acceptors (Lipinski definition) is 9. The summed E-state index contributed by atoms with van der Waals surface area (Å²) in [5.41, 5.74) is 1.05. The molecule has 1 saturated heterocycles. The van der Waals surface area contributed by atoms with Crippen molar-refractivity contribution in [3.8, 4) is 11.8 Å². The number of rotatable bonds is 7. The van der Waals surface area contributed by atoms with Crippen LogP contribution in [0.2, 0.25) is 0 Å². The summed E-state index contributed by atoms with van der Waals surface area (Å²) < 4.78 is 35.1. The summed E-state index contributed by atoms with van der Waals surface area (Å²) in [5.74, 6) is -0.124. The molecule has 1 fully saturated rings. The van der Waals surface area contributed by atoms with Crippen molar-refractivity contribution in [3.63, 3.8) is 0 Å². The molecule has 2 aliphatic heterocycles. The van der Waals surface area contributed by atoms with Crippen molar-refractivity contribution in [2.75, 3.05) is 42.0 Å². The van der Waals surface area contributed by atoms with Crippen LogP contribution in [0, 0.1) is 11.3 Å². The smallest absolute Gasteiger partial charge is 0.271 e. The molecule has 6 rings (SSSR count). The number of sulfonamides is 1. The van der Waals surface area contributed by atoms with E-state index in [4.69, 9.17) is 4.74 Å². The maximum Gasteiger partial charge on any atom is 0.271 e. The third-order valence-electron chi connectivity index (χ3n) is 7.62. The van der Waals surface area contributed by atoms with Gasteiger partial charge >= 0.3 is 0 Å². The Kier molecular flexibility index (Phi) is 6.99. The Morgan fingerprint density at radius 2 is 1.78 bits per heavy atom. The minimum absolute atomic E-state index is 0.0440. The number of benzene rings is 2. The topological polar surface area (TPSA) is 107 Å². The first-order valence-corrected chi connectivity index (χ1v) is 15.6. The SMILES string of the molecule is CCOc1ccccc1C1(N2CCN(c3ccncc3)CC2)C(=O)N(S(=O)(=O)c2ccsc2)c2ccc(C#N)cc21. The van der Waals surface area contributed by atoms with Crippen LogP contribution in [-0.4, -0.2) is 57.0 Å². The van der Waals surface area contributed by atoms with E-state index in [0.717, 1.165) is 9.99 Å². The monoisotopic (exact) mass is 585 g/mol. The Bertz CT molecular complexity index is 1730. The Morgan fingerprint density at radius 3 is 2.46 bits per heavy atom. The number of anilines is 2. The van der Waals surface area contributed by atoms with E-state index in [1.807, 2.05) is 42.2 Å². The maximum atomic E-state index is 15.0. The van der Waals surface area contributed by atoms with Crippen molar-refractivity contribution < 1.29 is 17.9 Å². The van der Waals surface area contributed by atoms with Crippen molar-refractivity contribution in [1.82, 2.24) is 9.88 Å². The number of fused-ring (bicyclic) bond motifs is 1. The van der Waals surface area contributed by atoms with Crippen LogP contribution in [-0.2, 0) is 20.4 Å². The molecule has 1 unspecified atom stereocenters. The van der Waals surface area contributed by atoms with Gasteiger partial charge in [-0.15, -0.1) is 0 Å². The molecule has 0 N–H and O–H groups in total. The highest BCUT2D eigenvalue weighted by molar-refractivity contribution is 7.93. The van der Waals surface area contributed by atoms with E-state index in [-0.39, 0.29) is 10.6 Å². The summed E-state index contributed by atoms with van der Waals surface area (Å²) in [5, 5.41) is 13.0. The van der Waals surface area contributed by atoms with E-state index in [9.17, 15) is 18.5 Å². The number of hydrogen-bond donors (Lipinski definition) is 0. The van der Waals surface area contributed by atoms with Gasteiger partial charge in [0.1, 0.15) is 5.75 Å². The van der Waals surface area contributed by atoms with Gasteiger partial charge in [0.25, 0.3) is 15.9 Å². The number of carbonyl (C=O) groups is 1. The first-order chi connectivity index (χ1) is 19.9. The van der Waals surface area contributed by atoms with E-state index in [1.165, 1.54) is 22.8 Å². The van der Waals surface area contributed by atoms with Gasteiger partial charge in [0.05, 0.1) is 28.8 Å². The highest BCUT2D eigenvalue weighted by Crippen LogP contribution is 2.53. The molecule has 4 aromatic rings. The zero-order valence-corrected chi connectivity index (χ0v) is 23.9. The van der Waals surface area contributed by atoms with Crippen molar-refractivity contribution in [1.29, 1.82) is 5.26 Å². The van der Waals surface area contributed by atoms with E-state index < -0.39 is 21.5 Å². The van der Waals surface area contributed by atoms with Crippen LogP contribution in [0.3, 0.4) is 0 Å². The Hall–Kier alpha value is -4.24. The summed E-state index contributed by atoms with van der Waals surface area (Å²) in [7, 11) is -4.25. The van der Waals surface area contributed by atoms with Crippen molar-refractivity contribution in [2.45, 2.75) is 17.4 Å². The molecule has 0 radical (unpaired) electrons. The van der Waals surface area contributed by atoms with E-state index >= 15 is 0 Å². The van der Waals surface area contributed by atoms with Crippen LogP contribution in [0.1, 0.15) is 23.6 Å². The molecule has 0 aliphatic carbocycles. The zero-order valence-electron chi connectivity index (χ0n) is 22.3. The molecule has 4 heterocycles. The Labute approximate surface area is 242 Å². The third kappa shape index (κ3) is 4.26. The normalized spacial score (nSPS) is 19.2. The number of pyridine rings is 1. The number of amides is 1. The number of ether oxygens (including phenoxy) is 1. The third-order valence-corrected chi connectivity index (χ3v) is 10.1. The largest absolute Gasteiger partial charge is 0.493 e. The molecular formula is C30H27N5O4S2. The predicted octanol–water partition coefficient (Wildman–Crippen LogP) is 4.21. The fraction of sp³-hybridized carbons (Fsp3) is 0.233. The second-order valence-electron chi connectivity index (χ2n) is 9.70. The molecule has 0 bridgehead atoms. The van der Waals surface area contributed by atoms with Gasteiger partial charge in [-0.05, 0) is 54.8 Å². The van der Waals surface area contributed by atoms with Gasteiger partial charge < -0.3 is 9.64 Å². The zero-order chi connectivity index (χ0) is 28.6. The molecule has 9 nitrogen and oxygen atoms in total. The summed E-state index contributed by atoms with van der Waals surface area (Å²) in [6.45, 7) is 4.33. The highest BCUT2D eigenvalue weighted by atomic mass is 32.2. The Balaban J connectivity index is 1.57. The van der Waals surface area contributed by atoms with Gasteiger partial charge in [-0.3, -0.25) is 14.7 Å². The van der Waals surface area contributed by atoms with Gasteiger partial charge in [-0.1, -0.05) is 18.2 Å². The number of para-hydroxylation sites is 1. The summed E-state index contributed by atoms with van der Waals surface area (Å²) >= 11 is 1.24. The number of piperazine rings is 1. The number of aromatic nitrogens is 1. The van der Waals surface area contributed by atoms with Crippen molar-refractivity contribution >= 4 is 38.6 Å². The molecule has 11 heteroatoms. The van der Waals surface area contributed by atoms with Gasteiger partial charge in [0, 0.05) is 60.8 Å². The summed E-state index contributed by atoms with van der Waals surface area (Å²) in [6, 6.07) is 19.6. The molecule has 41 heavy (non-hydrogen) atoms. The maximum absolute atomic E-state index is 15.0. The Morgan fingerprint density at radius 1 is 1.02 bits per heavy atom. The van der Waals surface area contributed by atoms with Crippen LogP contribution in [0.5, 0.6) is 5.75 Å². The lowest BCUT2D eigenvalue weighted by molar-refractivity contribution is -0.127. The molecule has 2 aliphatic rings. The van der Waals surface area contributed by atoms with E-state index in [1.54, 1.807) is 42.0 Å². The van der Waals surface area contributed by atoms with Crippen LogP contribution in [0.4, 0.5) is 11.4 Å². The lowest BCUT2D eigenvalue weighted by atomic mass is 9.80. The number of nitriles is 1. The second kappa shape index (κ2) is 10.6. The molecule has 1 amide bonds. The lowest BCUT2D eigenvalue weighted by Gasteiger charge is -2.46. The highest BCUT2D eigenvalue weighted by Gasteiger charge is 2.60. The molecule has 208 valence electrons. The molecule has 0 saturated carbocycles. The molecule has 0 spiro atoms. The second-order valence-corrected chi connectivity index (χ2v) is 12.3. The molecular weight excluding hydrogens is 558 g/mol. The summed E-state index contributed by atoms with van der Waals surface area (Å²) in [4.78, 5) is 23.4. The molecule has 2 aromatic heterocycles. The fourth-order valence-electron chi connectivity index (χ4n) is 5.82. The van der Waals surface area contributed by atoms with Gasteiger partial charge in [-0.2, -0.15) is 16.6 Å². The van der Waals surface area contributed by atoms with Crippen LogP contribution in [0.25, 0.3) is 0 Å². The van der Waals surface area contributed by atoms with Crippen molar-refractivity contribution in [2.24, 2.45) is 0 Å². The first kappa shape index (κ1) is 27.0. The average Bonchev–Trinajstić information content (AvgIpc) is 3.64. The number of nitrogens with zero attached hydrogens (tertiary/aromatic N) is 5. The van der Waals surface area contributed by atoms with Crippen LogP contribution < -0.4 is 13.9 Å². The van der Waals surface area contributed by atoms with Crippen LogP contribution >= 0.6 is 11.3 Å². The van der Waals surface area contributed by atoms with E-state index in [2.05, 4.69) is 16.0 Å². The molecule has 2 aromatic carbocycles. The van der Waals surface area contributed by atoms with Gasteiger partial charge in [0.15, 0.2) is 5.54 Å². The van der Waals surface area contributed by atoms with Gasteiger partial charge in [-0.25, -0.2) is 12.7 Å². The van der Waals surface area contributed by atoms with Gasteiger partial charge in [0.2, 0.25) is 0 Å². The minimum Gasteiger partial charge on any atom is -0.493 e. The fourth-order valence-corrected chi connectivity index (χ4v) is 8.30. The first-order valence-electron chi connectivity index (χ1n) is 13.2. The predicted molar refractivity (Wildman–Crippen MR) is 157 cm³/mol. The van der Waals surface area contributed by atoms with Crippen LogP contribution in [0.15, 0.2) is 88.7 Å². The minimum atomic E-state index is -4.25. The number of thiophene rings is 1. The molecule has 1 atom stereocenters. The average molecular weight is 586 g/mol. The quantitative estimate of drug-likeness (QED) is 0.318.